The molecule has 146 valence electrons. The average Bonchev–Trinajstić information content (AvgIpc) is 2.63. The van der Waals surface area contributed by atoms with Crippen LogP contribution in [0.25, 0.3) is 0 Å². The first-order chi connectivity index (χ1) is 12.8. The predicted molar refractivity (Wildman–Crippen MR) is 102 cm³/mol. The number of nitrogens with one attached hydrogen (secondary N) is 2. The number of rotatable bonds is 9. The molecule has 0 unspecified atom stereocenters. The minimum Gasteiger partial charge on any atom is -0.379 e. The lowest BCUT2D eigenvalue weighted by atomic mass is 10.2. The number of anilines is 1. The number of hydrogen-bond acceptors (Lipinski definition) is 4. The highest BCUT2D eigenvalue weighted by atomic mass is 32.2. The van der Waals surface area contributed by atoms with Gasteiger partial charge in [-0.3, -0.25) is 9.52 Å². The van der Waals surface area contributed by atoms with Gasteiger partial charge in [-0.25, -0.2) is 12.8 Å². The van der Waals surface area contributed by atoms with Crippen LogP contribution in [0.15, 0.2) is 53.4 Å². The van der Waals surface area contributed by atoms with Gasteiger partial charge in [-0.1, -0.05) is 18.2 Å². The summed E-state index contributed by atoms with van der Waals surface area (Å²) in [6.07, 6.45) is 0.779. The summed E-state index contributed by atoms with van der Waals surface area (Å²) in [6, 6.07) is 11.0. The van der Waals surface area contributed by atoms with E-state index in [9.17, 15) is 17.6 Å². The Morgan fingerprint density at radius 3 is 2.59 bits per heavy atom. The van der Waals surface area contributed by atoms with Crippen LogP contribution in [0.1, 0.15) is 30.6 Å². The number of para-hydroxylation sites is 1. The molecule has 1 amide bonds. The van der Waals surface area contributed by atoms with Crippen LogP contribution in [0, 0.1) is 5.82 Å². The SMILES string of the molecule is CC(C)OCCCNC(=O)c1cccc(S(=O)(=O)Nc2ccccc2F)c1. The lowest BCUT2D eigenvalue weighted by Crippen LogP contribution is -2.26. The smallest absolute Gasteiger partial charge is 0.262 e. The van der Waals surface area contributed by atoms with E-state index in [0.717, 1.165) is 6.07 Å². The second-order valence-electron chi connectivity index (χ2n) is 6.14. The summed E-state index contributed by atoms with van der Waals surface area (Å²) in [7, 11) is -4.02. The molecule has 0 aliphatic heterocycles. The third-order valence-corrected chi connectivity index (χ3v) is 4.95. The Hall–Kier alpha value is -2.45. The summed E-state index contributed by atoms with van der Waals surface area (Å²) < 4.78 is 46.2. The number of sulfonamides is 1. The topological polar surface area (TPSA) is 84.5 Å². The van der Waals surface area contributed by atoms with Gasteiger partial charge in [0.1, 0.15) is 5.82 Å². The third-order valence-electron chi connectivity index (χ3n) is 3.58. The van der Waals surface area contributed by atoms with E-state index < -0.39 is 15.8 Å². The molecule has 0 saturated heterocycles. The monoisotopic (exact) mass is 394 g/mol. The molecule has 0 fully saturated rings. The lowest BCUT2D eigenvalue weighted by molar-refractivity contribution is 0.0757. The molecule has 2 aromatic carbocycles. The maximum absolute atomic E-state index is 13.7. The number of carbonyl (C=O) groups excluding carboxylic acids is 1. The second-order valence-corrected chi connectivity index (χ2v) is 7.82. The Balaban J connectivity index is 2.03. The van der Waals surface area contributed by atoms with E-state index in [2.05, 4.69) is 10.0 Å². The van der Waals surface area contributed by atoms with Crippen molar-refractivity contribution in [1.82, 2.24) is 5.32 Å². The molecule has 0 radical (unpaired) electrons. The van der Waals surface area contributed by atoms with Crippen molar-refractivity contribution in [3.8, 4) is 0 Å². The molecule has 6 nitrogen and oxygen atoms in total. The highest BCUT2D eigenvalue weighted by Gasteiger charge is 2.18. The van der Waals surface area contributed by atoms with Crippen LogP contribution in [0.3, 0.4) is 0 Å². The van der Waals surface area contributed by atoms with Gasteiger partial charge in [0.2, 0.25) is 0 Å². The Morgan fingerprint density at radius 1 is 1.15 bits per heavy atom. The average molecular weight is 394 g/mol. The van der Waals surface area contributed by atoms with Crippen molar-refractivity contribution >= 4 is 21.6 Å². The highest BCUT2D eigenvalue weighted by Crippen LogP contribution is 2.19. The van der Waals surface area contributed by atoms with E-state index in [-0.39, 0.29) is 28.2 Å². The zero-order valence-electron chi connectivity index (χ0n) is 15.2. The predicted octanol–water partition coefficient (Wildman–Crippen LogP) is 3.17. The first kappa shape index (κ1) is 20.9. The van der Waals surface area contributed by atoms with E-state index >= 15 is 0 Å². The quantitative estimate of drug-likeness (QED) is 0.640. The number of halogens is 1. The molecular weight excluding hydrogens is 371 g/mol. The summed E-state index contributed by atoms with van der Waals surface area (Å²) in [5.74, 6) is -1.07. The highest BCUT2D eigenvalue weighted by molar-refractivity contribution is 7.92. The minimum atomic E-state index is -4.02. The largest absolute Gasteiger partial charge is 0.379 e. The molecule has 0 heterocycles. The van der Waals surface area contributed by atoms with Gasteiger partial charge >= 0.3 is 0 Å². The summed E-state index contributed by atoms with van der Waals surface area (Å²) in [5.41, 5.74) is 0.0497. The van der Waals surface area contributed by atoms with E-state index in [0.29, 0.717) is 19.6 Å². The van der Waals surface area contributed by atoms with E-state index in [1.165, 1.54) is 42.5 Å². The van der Waals surface area contributed by atoms with Crippen molar-refractivity contribution in [1.29, 1.82) is 0 Å². The maximum Gasteiger partial charge on any atom is 0.262 e. The Labute approximate surface area is 158 Å². The van der Waals surface area contributed by atoms with Crippen LogP contribution < -0.4 is 10.0 Å². The number of hydrogen-bond donors (Lipinski definition) is 2. The van der Waals surface area contributed by atoms with E-state index in [1.807, 2.05) is 13.8 Å². The first-order valence-corrected chi connectivity index (χ1v) is 10.0. The summed E-state index contributed by atoms with van der Waals surface area (Å²) in [4.78, 5) is 12.1. The van der Waals surface area contributed by atoms with Crippen molar-refractivity contribution in [2.75, 3.05) is 17.9 Å². The Kier molecular flexibility index (Phi) is 7.32. The molecule has 8 heteroatoms. The normalized spacial score (nSPS) is 11.4. The molecule has 0 saturated carbocycles. The van der Waals surface area contributed by atoms with Crippen molar-refractivity contribution in [2.45, 2.75) is 31.3 Å². The fourth-order valence-corrected chi connectivity index (χ4v) is 3.36. The molecule has 0 bridgehead atoms. The van der Waals surface area contributed by atoms with Gasteiger partial charge in [0.25, 0.3) is 15.9 Å². The zero-order chi connectivity index (χ0) is 19.9. The minimum absolute atomic E-state index is 0.124. The molecule has 0 spiro atoms. The van der Waals surface area contributed by atoms with Gasteiger partial charge in [-0.2, -0.15) is 0 Å². The van der Waals surface area contributed by atoms with Crippen LogP contribution in [-0.4, -0.2) is 33.6 Å². The molecule has 0 atom stereocenters. The van der Waals surface area contributed by atoms with Gasteiger partial charge in [0.05, 0.1) is 16.7 Å². The van der Waals surface area contributed by atoms with Gasteiger partial charge in [0.15, 0.2) is 0 Å². The van der Waals surface area contributed by atoms with Crippen molar-refractivity contribution in [3.05, 3.63) is 59.9 Å². The molecule has 2 aromatic rings. The Bertz CT molecular complexity index is 885. The van der Waals surface area contributed by atoms with Crippen molar-refractivity contribution in [2.24, 2.45) is 0 Å². The summed E-state index contributed by atoms with van der Waals surface area (Å²) in [5, 5.41) is 2.72. The van der Waals surface area contributed by atoms with Crippen LogP contribution >= 0.6 is 0 Å². The van der Waals surface area contributed by atoms with Gasteiger partial charge in [0, 0.05) is 18.7 Å². The van der Waals surface area contributed by atoms with E-state index in [1.54, 1.807) is 0 Å². The molecule has 0 aliphatic carbocycles. The molecule has 2 rings (SSSR count). The van der Waals surface area contributed by atoms with Gasteiger partial charge < -0.3 is 10.1 Å². The van der Waals surface area contributed by atoms with Crippen LogP contribution in [0.4, 0.5) is 10.1 Å². The number of ether oxygens (including phenoxy) is 1. The lowest BCUT2D eigenvalue weighted by Gasteiger charge is -2.11. The second kappa shape index (κ2) is 9.48. The maximum atomic E-state index is 13.7. The number of benzene rings is 2. The molecule has 27 heavy (non-hydrogen) atoms. The van der Waals surface area contributed by atoms with E-state index in [4.69, 9.17) is 4.74 Å². The van der Waals surface area contributed by atoms with Crippen molar-refractivity contribution in [3.63, 3.8) is 0 Å². The van der Waals surface area contributed by atoms with Gasteiger partial charge in [-0.15, -0.1) is 0 Å². The third kappa shape index (κ3) is 6.33. The molecule has 2 N–H and O–H groups in total. The Morgan fingerprint density at radius 2 is 1.89 bits per heavy atom. The molecule has 0 aliphatic rings. The van der Waals surface area contributed by atoms with Crippen molar-refractivity contribution < 1.29 is 22.3 Å². The number of carbonyl (C=O) groups is 1. The first-order valence-electron chi connectivity index (χ1n) is 8.57. The van der Waals surface area contributed by atoms with Crippen LogP contribution in [0.5, 0.6) is 0 Å². The van der Waals surface area contributed by atoms with Crippen LogP contribution in [0.2, 0.25) is 0 Å². The standard InChI is InChI=1S/C19H23FN2O4S/c1-14(2)26-12-6-11-21-19(23)15-7-5-8-16(13-15)27(24,25)22-18-10-4-3-9-17(18)20/h3-5,7-10,13-14,22H,6,11-12H2,1-2H3,(H,21,23). The summed E-state index contributed by atoms with van der Waals surface area (Å²) >= 11 is 0. The van der Waals surface area contributed by atoms with Gasteiger partial charge in [-0.05, 0) is 50.6 Å². The van der Waals surface area contributed by atoms with Crippen LogP contribution in [-0.2, 0) is 14.8 Å². The zero-order valence-corrected chi connectivity index (χ0v) is 16.1. The summed E-state index contributed by atoms with van der Waals surface area (Å²) in [6.45, 7) is 4.80. The molecule has 0 aromatic heterocycles. The fraction of sp³-hybridized carbons (Fsp3) is 0.316. The fourth-order valence-electron chi connectivity index (χ4n) is 2.25. The molecular formula is C19H23FN2O4S. The number of amides is 1.